The minimum Gasteiger partial charge on any atom is -0.479 e. The van der Waals surface area contributed by atoms with Crippen LogP contribution in [0.3, 0.4) is 0 Å². The number of benzene rings is 1. The van der Waals surface area contributed by atoms with Gasteiger partial charge >= 0.3 is 5.97 Å². The Labute approximate surface area is 92.9 Å². The van der Waals surface area contributed by atoms with E-state index in [1.165, 1.54) is 7.11 Å². The van der Waals surface area contributed by atoms with E-state index in [0.717, 1.165) is 16.5 Å². The average Bonchev–Trinajstić information content (AvgIpc) is 2.73. The highest BCUT2D eigenvalue weighted by molar-refractivity contribution is 5.83. The molecular formula is C12H13NO3. The van der Waals surface area contributed by atoms with Gasteiger partial charge in [0.05, 0.1) is 0 Å². The Morgan fingerprint density at radius 3 is 3.00 bits per heavy atom. The summed E-state index contributed by atoms with van der Waals surface area (Å²) in [6.45, 7) is 0. The number of aliphatic carboxylic acids is 1. The molecule has 0 radical (unpaired) electrons. The van der Waals surface area contributed by atoms with Crippen molar-refractivity contribution in [2.45, 2.75) is 12.5 Å². The number of nitrogens with one attached hydrogen (secondary N) is 1. The van der Waals surface area contributed by atoms with Gasteiger partial charge in [0.1, 0.15) is 0 Å². The molecule has 0 amide bonds. The van der Waals surface area contributed by atoms with Gasteiger partial charge in [0.25, 0.3) is 0 Å². The molecule has 4 heteroatoms. The first-order chi connectivity index (χ1) is 7.72. The second-order valence-electron chi connectivity index (χ2n) is 3.63. The molecular weight excluding hydrogens is 206 g/mol. The Balaban J connectivity index is 2.33. The minimum absolute atomic E-state index is 0.365. The monoisotopic (exact) mass is 219 g/mol. The number of fused-ring (bicyclic) bond motifs is 1. The van der Waals surface area contributed by atoms with E-state index in [-0.39, 0.29) is 0 Å². The maximum Gasteiger partial charge on any atom is 0.333 e. The van der Waals surface area contributed by atoms with E-state index in [9.17, 15) is 4.79 Å². The van der Waals surface area contributed by atoms with Crippen LogP contribution in [0.1, 0.15) is 5.56 Å². The van der Waals surface area contributed by atoms with Gasteiger partial charge in [-0.15, -0.1) is 0 Å². The molecule has 0 spiro atoms. The highest BCUT2D eigenvalue weighted by Crippen LogP contribution is 2.18. The lowest BCUT2D eigenvalue weighted by atomic mass is 10.1. The van der Waals surface area contributed by atoms with Crippen molar-refractivity contribution < 1.29 is 14.6 Å². The third kappa shape index (κ3) is 1.92. The molecule has 1 aromatic heterocycles. The molecule has 0 fully saturated rings. The zero-order valence-electron chi connectivity index (χ0n) is 8.93. The van der Waals surface area contributed by atoms with Crippen molar-refractivity contribution in [1.29, 1.82) is 0 Å². The number of aromatic nitrogens is 1. The summed E-state index contributed by atoms with van der Waals surface area (Å²) in [4.78, 5) is 14.0. The zero-order chi connectivity index (χ0) is 11.5. The highest BCUT2D eigenvalue weighted by Gasteiger charge is 2.18. The third-order valence-corrected chi connectivity index (χ3v) is 2.64. The lowest BCUT2D eigenvalue weighted by molar-refractivity contribution is -0.148. The fraction of sp³-hybridized carbons (Fsp3) is 0.250. The maximum absolute atomic E-state index is 10.9. The van der Waals surface area contributed by atoms with Crippen LogP contribution in [0.25, 0.3) is 10.9 Å². The number of rotatable bonds is 4. The summed E-state index contributed by atoms with van der Waals surface area (Å²) in [6.07, 6.45) is 1.41. The molecule has 0 aliphatic rings. The average molecular weight is 219 g/mol. The molecule has 0 saturated heterocycles. The number of para-hydroxylation sites is 1. The van der Waals surface area contributed by atoms with Crippen LogP contribution >= 0.6 is 0 Å². The molecule has 2 rings (SSSR count). The van der Waals surface area contributed by atoms with Crippen molar-refractivity contribution >= 4 is 16.9 Å². The molecule has 16 heavy (non-hydrogen) atoms. The molecule has 2 N–H and O–H groups in total. The first-order valence-electron chi connectivity index (χ1n) is 5.03. The summed E-state index contributed by atoms with van der Waals surface area (Å²) in [5, 5.41) is 10.0. The third-order valence-electron chi connectivity index (χ3n) is 2.64. The van der Waals surface area contributed by atoms with Crippen LogP contribution in [0.4, 0.5) is 0 Å². The van der Waals surface area contributed by atoms with Gasteiger partial charge in [-0.1, -0.05) is 18.2 Å². The highest BCUT2D eigenvalue weighted by atomic mass is 16.5. The second-order valence-corrected chi connectivity index (χ2v) is 3.63. The number of methoxy groups -OCH3 is 1. The van der Waals surface area contributed by atoms with Crippen LogP contribution in [-0.2, 0) is 16.0 Å². The van der Waals surface area contributed by atoms with Gasteiger partial charge < -0.3 is 14.8 Å². The second kappa shape index (κ2) is 4.37. The van der Waals surface area contributed by atoms with E-state index in [1.54, 1.807) is 0 Å². The van der Waals surface area contributed by atoms with E-state index < -0.39 is 12.1 Å². The smallest absolute Gasteiger partial charge is 0.333 e. The first kappa shape index (κ1) is 10.7. The molecule has 4 nitrogen and oxygen atoms in total. The zero-order valence-corrected chi connectivity index (χ0v) is 8.93. The summed E-state index contributed by atoms with van der Waals surface area (Å²) in [6, 6.07) is 7.77. The number of carboxylic acid groups (broad SMARTS) is 1. The predicted molar refractivity (Wildman–Crippen MR) is 60.4 cm³/mol. The molecule has 0 aliphatic carbocycles. The Hall–Kier alpha value is -1.81. The summed E-state index contributed by atoms with van der Waals surface area (Å²) in [5.41, 5.74) is 1.93. The van der Waals surface area contributed by atoms with Crippen LogP contribution in [-0.4, -0.2) is 29.3 Å². The van der Waals surface area contributed by atoms with Gasteiger partial charge in [-0.3, -0.25) is 0 Å². The molecule has 1 unspecified atom stereocenters. The van der Waals surface area contributed by atoms with Gasteiger partial charge in [-0.05, 0) is 17.0 Å². The van der Waals surface area contributed by atoms with Gasteiger partial charge in [-0.2, -0.15) is 0 Å². The van der Waals surface area contributed by atoms with Crippen LogP contribution in [0.5, 0.6) is 0 Å². The quantitative estimate of drug-likeness (QED) is 0.824. The van der Waals surface area contributed by atoms with Gasteiger partial charge in [0.2, 0.25) is 0 Å². The van der Waals surface area contributed by atoms with E-state index in [4.69, 9.17) is 9.84 Å². The number of carboxylic acids is 1. The molecule has 1 aromatic carbocycles. The van der Waals surface area contributed by atoms with Crippen LogP contribution < -0.4 is 0 Å². The standard InChI is InChI=1S/C12H13NO3/c1-16-10(12(14)15)7-9-4-2-3-8-5-6-13-11(8)9/h2-6,10,13H,7H2,1H3,(H,14,15). The van der Waals surface area contributed by atoms with Crippen LogP contribution in [0.2, 0.25) is 0 Å². The molecule has 1 atom stereocenters. The van der Waals surface area contributed by atoms with E-state index >= 15 is 0 Å². The Bertz CT molecular complexity index is 504. The van der Waals surface area contributed by atoms with Crippen LogP contribution in [0.15, 0.2) is 30.5 Å². The molecule has 0 bridgehead atoms. The molecule has 84 valence electrons. The number of hydrogen-bond donors (Lipinski definition) is 2. The number of ether oxygens (including phenoxy) is 1. The number of hydrogen-bond acceptors (Lipinski definition) is 2. The maximum atomic E-state index is 10.9. The van der Waals surface area contributed by atoms with E-state index in [1.807, 2.05) is 30.5 Å². The van der Waals surface area contributed by atoms with Gasteiger partial charge in [0.15, 0.2) is 6.10 Å². The van der Waals surface area contributed by atoms with E-state index in [0.29, 0.717) is 6.42 Å². The molecule has 2 aromatic rings. The van der Waals surface area contributed by atoms with Crippen molar-refractivity contribution in [3.8, 4) is 0 Å². The fourth-order valence-corrected chi connectivity index (χ4v) is 1.79. The van der Waals surface area contributed by atoms with Crippen molar-refractivity contribution in [2.75, 3.05) is 7.11 Å². The SMILES string of the molecule is COC(Cc1cccc2cc[nH]c12)C(=O)O. The Morgan fingerprint density at radius 2 is 2.31 bits per heavy atom. The van der Waals surface area contributed by atoms with Crippen molar-refractivity contribution in [1.82, 2.24) is 4.98 Å². The summed E-state index contributed by atoms with van der Waals surface area (Å²) in [5.74, 6) is -0.939. The molecule has 0 saturated carbocycles. The van der Waals surface area contributed by atoms with Crippen molar-refractivity contribution in [2.24, 2.45) is 0 Å². The number of carbonyl (C=O) groups is 1. The Morgan fingerprint density at radius 1 is 1.50 bits per heavy atom. The predicted octanol–water partition coefficient (Wildman–Crippen LogP) is 1.81. The lowest BCUT2D eigenvalue weighted by Gasteiger charge is -2.10. The first-order valence-corrected chi connectivity index (χ1v) is 5.03. The van der Waals surface area contributed by atoms with Crippen molar-refractivity contribution in [3.63, 3.8) is 0 Å². The minimum atomic E-state index is -0.939. The molecule has 1 heterocycles. The van der Waals surface area contributed by atoms with Gasteiger partial charge in [-0.25, -0.2) is 4.79 Å². The largest absolute Gasteiger partial charge is 0.479 e. The number of aromatic amines is 1. The number of H-pyrrole nitrogens is 1. The summed E-state index contributed by atoms with van der Waals surface area (Å²) >= 11 is 0. The van der Waals surface area contributed by atoms with Crippen LogP contribution in [0, 0.1) is 0 Å². The Kier molecular flexibility index (Phi) is 2.92. The fourth-order valence-electron chi connectivity index (χ4n) is 1.79. The molecule has 0 aliphatic heterocycles. The normalized spacial score (nSPS) is 12.8. The topological polar surface area (TPSA) is 62.3 Å². The van der Waals surface area contributed by atoms with Crippen molar-refractivity contribution in [3.05, 3.63) is 36.0 Å². The lowest BCUT2D eigenvalue weighted by Crippen LogP contribution is -2.24. The summed E-state index contributed by atoms with van der Waals surface area (Å²) < 4.78 is 4.93. The van der Waals surface area contributed by atoms with Gasteiger partial charge in [0, 0.05) is 25.2 Å². The summed E-state index contributed by atoms with van der Waals surface area (Å²) in [7, 11) is 1.41. The van der Waals surface area contributed by atoms with E-state index in [2.05, 4.69) is 4.98 Å².